The zero-order chi connectivity index (χ0) is 18.2. The standard InChI is InChI=1S/C18H29N5O3.HI/c1-19-18(20-5-4-16-3-2-12-26-16)23-8-6-21(7-9-23)15-17(24)22-10-13-25-14-11-22;/h2-3,12H,4-11,13-15H2,1H3,(H,19,20);1H. The van der Waals surface area contributed by atoms with Crippen LogP contribution in [0, 0.1) is 0 Å². The third kappa shape index (κ3) is 6.65. The number of nitrogens with one attached hydrogen (secondary N) is 1. The molecule has 9 heteroatoms. The third-order valence-electron chi connectivity index (χ3n) is 4.84. The molecule has 0 atom stereocenters. The molecule has 0 aliphatic carbocycles. The zero-order valence-corrected chi connectivity index (χ0v) is 18.3. The van der Waals surface area contributed by atoms with E-state index >= 15 is 0 Å². The molecule has 1 aromatic heterocycles. The maximum atomic E-state index is 12.4. The van der Waals surface area contributed by atoms with Crippen molar-refractivity contribution in [3.8, 4) is 0 Å². The van der Waals surface area contributed by atoms with E-state index in [1.165, 1.54) is 0 Å². The molecule has 0 aromatic carbocycles. The Bertz CT molecular complexity index is 582. The molecule has 27 heavy (non-hydrogen) atoms. The second-order valence-electron chi connectivity index (χ2n) is 6.56. The number of hydrogen-bond donors (Lipinski definition) is 1. The van der Waals surface area contributed by atoms with E-state index < -0.39 is 0 Å². The Hall–Kier alpha value is -1.33. The van der Waals surface area contributed by atoms with Crippen molar-refractivity contribution >= 4 is 35.8 Å². The molecule has 0 bridgehead atoms. The molecule has 8 nitrogen and oxygen atoms in total. The van der Waals surface area contributed by atoms with E-state index in [-0.39, 0.29) is 29.9 Å². The van der Waals surface area contributed by atoms with E-state index in [1.807, 2.05) is 24.1 Å². The molecule has 152 valence electrons. The van der Waals surface area contributed by atoms with E-state index in [0.717, 1.165) is 50.9 Å². The van der Waals surface area contributed by atoms with Gasteiger partial charge in [-0.05, 0) is 12.1 Å². The largest absolute Gasteiger partial charge is 0.469 e. The Kier molecular flexibility index (Phi) is 9.35. The molecule has 0 unspecified atom stereocenters. The first kappa shape index (κ1) is 22.0. The summed E-state index contributed by atoms with van der Waals surface area (Å²) in [6.45, 7) is 7.50. The minimum atomic E-state index is 0. The van der Waals surface area contributed by atoms with Gasteiger partial charge >= 0.3 is 0 Å². The number of morpholine rings is 1. The number of halogens is 1. The average molecular weight is 491 g/mol. The van der Waals surface area contributed by atoms with Gasteiger partial charge in [0, 0.05) is 59.3 Å². The van der Waals surface area contributed by atoms with Crippen LogP contribution in [-0.4, -0.2) is 99.2 Å². The lowest BCUT2D eigenvalue weighted by Gasteiger charge is -2.37. The molecule has 3 rings (SSSR count). The van der Waals surface area contributed by atoms with Crippen molar-refractivity contribution < 1.29 is 13.9 Å². The Morgan fingerprint density at radius 1 is 1.15 bits per heavy atom. The van der Waals surface area contributed by atoms with Gasteiger partial charge in [-0.2, -0.15) is 0 Å². The maximum absolute atomic E-state index is 12.4. The number of hydrogen-bond acceptors (Lipinski definition) is 5. The number of furan rings is 1. The fourth-order valence-corrected chi connectivity index (χ4v) is 3.31. The number of amides is 1. The summed E-state index contributed by atoms with van der Waals surface area (Å²) >= 11 is 0. The molecule has 0 saturated carbocycles. The SMILES string of the molecule is CN=C(NCCc1ccco1)N1CCN(CC(=O)N2CCOCC2)CC1.I. The van der Waals surface area contributed by atoms with Crippen LogP contribution in [0.15, 0.2) is 27.8 Å². The number of rotatable bonds is 5. The van der Waals surface area contributed by atoms with Gasteiger partial charge in [-0.1, -0.05) is 0 Å². The summed E-state index contributed by atoms with van der Waals surface area (Å²) in [6, 6.07) is 3.89. The predicted molar refractivity (Wildman–Crippen MR) is 115 cm³/mol. The number of piperazine rings is 1. The monoisotopic (exact) mass is 491 g/mol. The van der Waals surface area contributed by atoms with Crippen molar-refractivity contribution in [3.63, 3.8) is 0 Å². The van der Waals surface area contributed by atoms with Gasteiger partial charge < -0.3 is 24.3 Å². The Morgan fingerprint density at radius 2 is 1.89 bits per heavy atom. The molecule has 2 aliphatic rings. The van der Waals surface area contributed by atoms with Crippen molar-refractivity contribution in [1.29, 1.82) is 0 Å². The van der Waals surface area contributed by atoms with Crippen LogP contribution < -0.4 is 5.32 Å². The fourth-order valence-electron chi connectivity index (χ4n) is 3.31. The highest BCUT2D eigenvalue weighted by atomic mass is 127. The first-order valence-electron chi connectivity index (χ1n) is 9.32. The predicted octanol–water partition coefficient (Wildman–Crippen LogP) is 0.492. The van der Waals surface area contributed by atoms with E-state index in [1.54, 1.807) is 6.26 Å². The van der Waals surface area contributed by atoms with Crippen LogP contribution in [0.4, 0.5) is 0 Å². The topological polar surface area (TPSA) is 73.6 Å². The lowest BCUT2D eigenvalue weighted by molar-refractivity contribution is -0.136. The minimum absolute atomic E-state index is 0. The molecule has 1 amide bonds. The van der Waals surface area contributed by atoms with Gasteiger partial charge in [0.25, 0.3) is 0 Å². The van der Waals surface area contributed by atoms with E-state index in [9.17, 15) is 4.79 Å². The quantitative estimate of drug-likeness (QED) is 0.368. The lowest BCUT2D eigenvalue weighted by atomic mass is 10.3. The minimum Gasteiger partial charge on any atom is -0.469 e. The average Bonchev–Trinajstić information content (AvgIpc) is 3.20. The Labute approximate surface area is 177 Å². The van der Waals surface area contributed by atoms with Crippen LogP contribution >= 0.6 is 24.0 Å². The maximum Gasteiger partial charge on any atom is 0.236 e. The van der Waals surface area contributed by atoms with Crippen LogP contribution in [0.3, 0.4) is 0 Å². The lowest BCUT2D eigenvalue weighted by Crippen LogP contribution is -2.55. The van der Waals surface area contributed by atoms with Crippen molar-refractivity contribution in [2.24, 2.45) is 4.99 Å². The van der Waals surface area contributed by atoms with Crippen LogP contribution in [0.1, 0.15) is 5.76 Å². The summed E-state index contributed by atoms with van der Waals surface area (Å²) in [6.07, 6.45) is 2.53. The molecular weight excluding hydrogens is 461 g/mol. The molecule has 2 saturated heterocycles. The van der Waals surface area contributed by atoms with E-state index in [4.69, 9.17) is 9.15 Å². The summed E-state index contributed by atoms with van der Waals surface area (Å²) in [7, 11) is 1.81. The summed E-state index contributed by atoms with van der Waals surface area (Å²) in [5.41, 5.74) is 0. The highest BCUT2D eigenvalue weighted by Gasteiger charge is 2.24. The summed E-state index contributed by atoms with van der Waals surface area (Å²) in [5.74, 6) is 2.10. The number of aliphatic imine (C=N–C) groups is 1. The molecule has 0 spiro atoms. The van der Waals surface area contributed by atoms with Crippen molar-refractivity contribution in [3.05, 3.63) is 24.2 Å². The van der Waals surface area contributed by atoms with Crippen LogP contribution in [0.25, 0.3) is 0 Å². The highest BCUT2D eigenvalue weighted by Crippen LogP contribution is 2.05. The zero-order valence-electron chi connectivity index (χ0n) is 15.9. The molecule has 2 aliphatic heterocycles. The second-order valence-corrected chi connectivity index (χ2v) is 6.56. The molecule has 0 radical (unpaired) electrons. The fraction of sp³-hybridized carbons (Fsp3) is 0.667. The summed E-state index contributed by atoms with van der Waals surface area (Å²) in [5, 5.41) is 3.39. The van der Waals surface area contributed by atoms with Gasteiger partial charge in [0.1, 0.15) is 5.76 Å². The van der Waals surface area contributed by atoms with Crippen molar-refractivity contribution in [1.82, 2.24) is 20.0 Å². The van der Waals surface area contributed by atoms with Gasteiger partial charge in [0.05, 0.1) is 26.0 Å². The number of carbonyl (C=O) groups is 1. The van der Waals surface area contributed by atoms with Gasteiger partial charge in [-0.15, -0.1) is 24.0 Å². The third-order valence-corrected chi connectivity index (χ3v) is 4.84. The van der Waals surface area contributed by atoms with Crippen LogP contribution in [-0.2, 0) is 16.0 Å². The highest BCUT2D eigenvalue weighted by molar-refractivity contribution is 14.0. The van der Waals surface area contributed by atoms with Crippen LogP contribution in [0.5, 0.6) is 0 Å². The van der Waals surface area contributed by atoms with Crippen molar-refractivity contribution in [2.45, 2.75) is 6.42 Å². The number of nitrogens with zero attached hydrogens (tertiary/aromatic N) is 4. The molecule has 3 heterocycles. The Balaban J connectivity index is 0.00000261. The molecule has 1 aromatic rings. The molecular formula is C18H30IN5O3. The normalized spacial score (nSPS) is 18.9. The number of carbonyl (C=O) groups excluding carboxylic acids is 1. The Morgan fingerprint density at radius 3 is 2.52 bits per heavy atom. The van der Waals surface area contributed by atoms with Crippen LogP contribution in [0.2, 0.25) is 0 Å². The first-order valence-corrected chi connectivity index (χ1v) is 9.32. The van der Waals surface area contributed by atoms with Gasteiger partial charge in [-0.3, -0.25) is 14.7 Å². The van der Waals surface area contributed by atoms with E-state index in [0.29, 0.717) is 32.8 Å². The second kappa shape index (κ2) is 11.5. The number of ether oxygens (including phenoxy) is 1. The summed E-state index contributed by atoms with van der Waals surface area (Å²) < 4.78 is 10.7. The smallest absolute Gasteiger partial charge is 0.236 e. The molecule has 1 N–H and O–H groups in total. The van der Waals surface area contributed by atoms with Gasteiger partial charge in [0.2, 0.25) is 5.91 Å². The van der Waals surface area contributed by atoms with Crippen molar-refractivity contribution in [2.75, 3.05) is 72.6 Å². The van der Waals surface area contributed by atoms with Gasteiger partial charge in [0.15, 0.2) is 5.96 Å². The number of guanidine groups is 1. The van der Waals surface area contributed by atoms with Gasteiger partial charge in [-0.25, -0.2) is 0 Å². The molecule has 2 fully saturated rings. The van der Waals surface area contributed by atoms with E-state index in [2.05, 4.69) is 20.1 Å². The summed E-state index contributed by atoms with van der Waals surface area (Å²) in [4.78, 5) is 23.1. The first-order chi connectivity index (χ1) is 12.8.